The number of hydroxylamine groups is 1. The van der Waals surface area contributed by atoms with Gasteiger partial charge in [0.2, 0.25) is 5.91 Å². The topological polar surface area (TPSA) is 177 Å². The number of aryl methyl sites for hydroxylation is 1. The average molecular weight is 510 g/mol. The Morgan fingerprint density at radius 1 is 1.11 bits per heavy atom. The largest absolute Gasteiger partial charge is 0.478 e. The number of carbonyl (C=O) groups is 3. The second-order valence-electron chi connectivity index (χ2n) is 8.37. The first-order valence-corrected chi connectivity index (χ1v) is 11.6. The summed E-state index contributed by atoms with van der Waals surface area (Å²) >= 11 is 0. The molecule has 0 radical (unpaired) electrons. The molecule has 1 unspecified atom stereocenters. The Balaban J connectivity index is 1.91. The van der Waals surface area contributed by atoms with Gasteiger partial charge in [0, 0.05) is 25.1 Å². The number of nitro benzene ring substituents is 1. The van der Waals surface area contributed by atoms with Crippen LogP contribution in [0.3, 0.4) is 0 Å². The Kier molecular flexibility index (Phi) is 9.05. The lowest BCUT2D eigenvalue weighted by Gasteiger charge is -2.19. The number of carbonyl (C=O) groups excluding carboxylic acids is 2. The molecule has 3 aromatic rings. The van der Waals surface area contributed by atoms with Crippen LogP contribution < -0.4 is 10.8 Å². The number of nitrogens with one attached hydrogen (secondary N) is 2. The molecule has 0 fully saturated rings. The number of carboxylic acids is 1. The first-order chi connectivity index (χ1) is 17.7. The third-order valence-electron chi connectivity index (χ3n) is 5.79. The van der Waals surface area contributed by atoms with Crippen molar-refractivity contribution in [3.8, 4) is 0 Å². The van der Waals surface area contributed by atoms with Crippen LogP contribution >= 0.6 is 0 Å². The van der Waals surface area contributed by atoms with Crippen LogP contribution in [0.2, 0.25) is 0 Å². The minimum atomic E-state index is -1.04. The number of amides is 2. The number of nitrogens with zero attached hydrogens (tertiary/aromatic N) is 3. The van der Waals surface area contributed by atoms with Crippen molar-refractivity contribution in [2.45, 2.75) is 45.2 Å². The third-order valence-corrected chi connectivity index (χ3v) is 5.79. The SMILES string of the molecule is CCCCc1ncc(C(=O)NC(CC(=O)NO)c2ccc([N+](=O)[O-])cc2)n1Cc1ccc(C(=O)O)cc1. The second kappa shape index (κ2) is 12.4. The van der Waals surface area contributed by atoms with E-state index in [2.05, 4.69) is 10.3 Å². The van der Waals surface area contributed by atoms with E-state index in [-0.39, 0.29) is 29.9 Å². The van der Waals surface area contributed by atoms with Crippen molar-refractivity contribution >= 4 is 23.5 Å². The van der Waals surface area contributed by atoms with Crippen molar-refractivity contribution in [1.29, 1.82) is 0 Å². The fourth-order valence-corrected chi connectivity index (χ4v) is 3.79. The number of hydrogen-bond acceptors (Lipinski definition) is 7. The molecule has 3 rings (SSSR count). The van der Waals surface area contributed by atoms with Gasteiger partial charge in [-0.3, -0.25) is 24.9 Å². The van der Waals surface area contributed by atoms with Crippen LogP contribution in [0.5, 0.6) is 0 Å². The van der Waals surface area contributed by atoms with E-state index in [0.29, 0.717) is 17.8 Å². The Morgan fingerprint density at radius 3 is 2.35 bits per heavy atom. The standard InChI is InChI=1S/C25H27N5O7/c1-2-3-4-22-26-14-21(29(22)15-16-5-7-18(8-6-16)25(33)34)24(32)27-20(13-23(31)28-35)17-9-11-19(12-10-17)30(36)37/h5-12,14,20,35H,2-4,13,15H2,1H3,(H,27,32)(H,28,31)(H,33,34). The zero-order chi connectivity index (χ0) is 26.9. The zero-order valence-electron chi connectivity index (χ0n) is 20.1. The maximum atomic E-state index is 13.4. The van der Waals surface area contributed by atoms with Gasteiger partial charge in [-0.2, -0.15) is 0 Å². The van der Waals surface area contributed by atoms with E-state index in [1.165, 1.54) is 48.1 Å². The first kappa shape index (κ1) is 27.0. The van der Waals surface area contributed by atoms with Gasteiger partial charge in [0.05, 0.1) is 29.1 Å². The lowest BCUT2D eigenvalue weighted by Crippen LogP contribution is -2.34. The number of unbranched alkanes of at least 4 members (excludes halogenated alkanes) is 1. The van der Waals surface area contributed by atoms with Gasteiger partial charge in [0.25, 0.3) is 11.6 Å². The molecule has 1 aromatic heterocycles. The van der Waals surface area contributed by atoms with Crippen LogP contribution in [-0.4, -0.2) is 42.6 Å². The van der Waals surface area contributed by atoms with Gasteiger partial charge in [-0.1, -0.05) is 37.6 Å². The Bertz CT molecular complexity index is 1270. The Morgan fingerprint density at radius 2 is 1.78 bits per heavy atom. The highest BCUT2D eigenvalue weighted by atomic mass is 16.6. The maximum Gasteiger partial charge on any atom is 0.335 e. The number of rotatable bonds is 12. The second-order valence-corrected chi connectivity index (χ2v) is 8.37. The van der Waals surface area contributed by atoms with E-state index in [4.69, 9.17) is 10.3 Å². The molecule has 4 N–H and O–H groups in total. The van der Waals surface area contributed by atoms with Gasteiger partial charge < -0.3 is 15.0 Å². The molecule has 1 heterocycles. The summed E-state index contributed by atoms with van der Waals surface area (Å²) in [7, 11) is 0. The summed E-state index contributed by atoms with van der Waals surface area (Å²) in [5, 5.41) is 31.9. The monoisotopic (exact) mass is 509 g/mol. The molecule has 0 bridgehead atoms. The summed E-state index contributed by atoms with van der Waals surface area (Å²) in [4.78, 5) is 51.3. The molecule has 2 amide bonds. The van der Waals surface area contributed by atoms with E-state index < -0.39 is 28.7 Å². The molecule has 0 aliphatic carbocycles. The van der Waals surface area contributed by atoms with Crippen LogP contribution in [0.4, 0.5) is 5.69 Å². The summed E-state index contributed by atoms with van der Waals surface area (Å²) in [6.07, 6.45) is 3.51. The highest BCUT2D eigenvalue weighted by molar-refractivity contribution is 5.93. The highest BCUT2D eigenvalue weighted by Crippen LogP contribution is 2.22. The predicted molar refractivity (Wildman–Crippen MR) is 131 cm³/mol. The molecule has 37 heavy (non-hydrogen) atoms. The molecule has 0 saturated carbocycles. The average Bonchev–Trinajstić information content (AvgIpc) is 3.29. The van der Waals surface area contributed by atoms with Crippen LogP contribution in [0.25, 0.3) is 0 Å². The first-order valence-electron chi connectivity index (χ1n) is 11.6. The fourth-order valence-electron chi connectivity index (χ4n) is 3.79. The molecule has 0 spiro atoms. The Labute approximate surface area is 212 Å². The fraction of sp³-hybridized carbons (Fsp3) is 0.280. The minimum Gasteiger partial charge on any atom is -0.478 e. The van der Waals surface area contributed by atoms with Gasteiger partial charge in [-0.25, -0.2) is 15.3 Å². The summed E-state index contributed by atoms with van der Waals surface area (Å²) in [6.45, 7) is 2.30. The number of non-ortho nitro benzene ring substituents is 1. The van der Waals surface area contributed by atoms with E-state index in [1.807, 2.05) is 6.92 Å². The molecule has 0 aliphatic rings. The zero-order valence-corrected chi connectivity index (χ0v) is 20.1. The van der Waals surface area contributed by atoms with Crippen LogP contribution in [0.1, 0.15) is 70.0 Å². The summed E-state index contributed by atoms with van der Waals surface area (Å²) in [5.41, 5.74) is 2.96. The van der Waals surface area contributed by atoms with Crippen molar-refractivity contribution in [2.75, 3.05) is 0 Å². The summed E-state index contributed by atoms with van der Waals surface area (Å²) in [5.74, 6) is -1.65. The third kappa shape index (κ3) is 6.98. The molecular weight excluding hydrogens is 482 g/mol. The van der Waals surface area contributed by atoms with Gasteiger partial charge >= 0.3 is 5.97 Å². The van der Waals surface area contributed by atoms with Crippen molar-refractivity contribution in [3.05, 3.63) is 93.1 Å². The maximum absolute atomic E-state index is 13.4. The van der Waals surface area contributed by atoms with Gasteiger partial charge in [-0.15, -0.1) is 0 Å². The molecule has 1 atom stereocenters. The number of benzene rings is 2. The number of aromatic carboxylic acids is 1. The summed E-state index contributed by atoms with van der Waals surface area (Å²) in [6, 6.07) is 10.8. The number of hydrogen-bond donors (Lipinski definition) is 4. The molecule has 194 valence electrons. The van der Waals surface area contributed by atoms with Crippen molar-refractivity contribution in [3.63, 3.8) is 0 Å². The van der Waals surface area contributed by atoms with E-state index >= 15 is 0 Å². The van der Waals surface area contributed by atoms with E-state index in [0.717, 1.165) is 18.4 Å². The van der Waals surface area contributed by atoms with Crippen LogP contribution in [0, 0.1) is 10.1 Å². The van der Waals surface area contributed by atoms with Crippen LogP contribution in [-0.2, 0) is 17.8 Å². The smallest absolute Gasteiger partial charge is 0.335 e. The molecule has 0 saturated heterocycles. The normalized spacial score (nSPS) is 11.5. The quantitative estimate of drug-likeness (QED) is 0.163. The number of carboxylic acid groups (broad SMARTS) is 1. The molecular formula is C25H27N5O7. The van der Waals surface area contributed by atoms with Gasteiger partial charge in [0.15, 0.2) is 0 Å². The van der Waals surface area contributed by atoms with Crippen LogP contribution in [0.15, 0.2) is 54.7 Å². The molecule has 12 heteroatoms. The predicted octanol–water partition coefficient (Wildman–Crippen LogP) is 3.25. The number of aromatic nitrogens is 2. The van der Waals surface area contributed by atoms with Crippen molar-refractivity contribution < 1.29 is 29.6 Å². The summed E-state index contributed by atoms with van der Waals surface area (Å²) < 4.78 is 1.74. The van der Waals surface area contributed by atoms with E-state index in [1.54, 1.807) is 16.7 Å². The molecule has 12 nitrogen and oxygen atoms in total. The number of imidazole rings is 1. The van der Waals surface area contributed by atoms with E-state index in [9.17, 15) is 24.5 Å². The lowest BCUT2D eigenvalue weighted by molar-refractivity contribution is -0.384. The minimum absolute atomic E-state index is 0.145. The van der Waals surface area contributed by atoms with Gasteiger partial charge in [0.1, 0.15) is 11.5 Å². The molecule has 2 aromatic carbocycles. The van der Waals surface area contributed by atoms with Crippen molar-refractivity contribution in [2.24, 2.45) is 0 Å². The lowest BCUT2D eigenvalue weighted by atomic mass is 10.0. The Hall–Kier alpha value is -4.58. The number of nitro groups is 1. The van der Waals surface area contributed by atoms with Gasteiger partial charge in [-0.05, 0) is 29.7 Å². The van der Waals surface area contributed by atoms with Crippen molar-refractivity contribution in [1.82, 2.24) is 20.3 Å². The highest BCUT2D eigenvalue weighted by Gasteiger charge is 2.23. The molecule has 0 aliphatic heterocycles.